The van der Waals surface area contributed by atoms with Gasteiger partial charge in [-0.05, 0) is 35.0 Å². The minimum atomic E-state index is 0.683. The normalized spacial score (nSPS) is 11.4. The quantitative estimate of drug-likeness (QED) is 0.662. The van der Waals surface area contributed by atoms with Gasteiger partial charge in [0.1, 0.15) is 11.0 Å². The number of fused-ring (bicyclic) bond motifs is 1. The molecule has 2 aromatic carbocycles. The molecule has 0 aliphatic heterocycles. The summed E-state index contributed by atoms with van der Waals surface area (Å²) in [5.74, 6) is 0. The summed E-state index contributed by atoms with van der Waals surface area (Å²) in [7, 11) is 0. The molecule has 0 aliphatic rings. The highest BCUT2D eigenvalue weighted by Gasteiger charge is 2.00. The Balaban J connectivity index is 1.97. The summed E-state index contributed by atoms with van der Waals surface area (Å²) in [6, 6.07) is 15.1. The number of hydrogen-bond donors (Lipinski definition) is 0. The molecule has 0 N–H and O–H groups in total. The molecule has 88 valence electrons. The van der Waals surface area contributed by atoms with Gasteiger partial charge in [0.05, 0.1) is 6.21 Å². The van der Waals surface area contributed by atoms with Crippen LogP contribution in [0.5, 0.6) is 0 Å². The van der Waals surface area contributed by atoms with Crippen LogP contribution >= 0.6 is 11.6 Å². The van der Waals surface area contributed by atoms with E-state index in [0.717, 1.165) is 16.6 Å². The number of nitrogens with zero attached hydrogens (tertiary/aromatic N) is 4. The van der Waals surface area contributed by atoms with E-state index in [1.807, 2.05) is 48.5 Å². The van der Waals surface area contributed by atoms with Crippen LogP contribution in [-0.4, -0.2) is 21.3 Å². The number of rotatable bonds is 2. The first-order valence-electron chi connectivity index (χ1n) is 5.43. The molecule has 0 fully saturated rings. The van der Waals surface area contributed by atoms with E-state index < -0.39 is 0 Å². The summed E-state index contributed by atoms with van der Waals surface area (Å²) in [5.41, 5.74) is 2.61. The van der Waals surface area contributed by atoms with Crippen molar-refractivity contribution >= 4 is 28.8 Å². The highest BCUT2D eigenvalue weighted by atomic mass is 35.5. The van der Waals surface area contributed by atoms with Crippen LogP contribution in [0.15, 0.2) is 53.6 Å². The molecule has 0 bridgehead atoms. The van der Waals surface area contributed by atoms with Crippen molar-refractivity contribution in [2.45, 2.75) is 0 Å². The van der Waals surface area contributed by atoms with E-state index in [2.05, 4.69) is 15.4 Å². The fourth-order valence-electron chi connectivity index (χ4n) is 1.65. The fraction of sp³-hybridized carbons (Fsp3) is 0. The molecule has 4 nitrogen and oxygen atoms in total. The topological polar surface area (TPSA) is 43.1 Å². The maximum Gasteiger partial charge on any atom is 0.115 e. The van der Waals surface area contributed by atoms with Crippen LogP contribution in [0.3, 0.4) is 0 Å². The molecule has 3 rings (SSSR count). The van der Waals surface area contributed by atoms with Crippen LogP contribution in [0, 0.1) is 0 Å². The second-order valence-electron chi connectivity index (χ2n) is 3.77. The van der Waals surface area contributed by atoms with Gasteiger partial charge in [-0.25, -0.2) is 0 Å². The molecular formula is C13H9ClN4. The summed E-state index contributed by atoms with van der Waals surface area (Å²) in [4.78, 5) is 1.50. The average Bonchev–Trinajstić information content (AvgIpc) is 2.80. The summed E-state index contributed by atoms with van der Waals surface area (Å²) in [6.45, 7) is 0. The fourth-order valence-corrected chi connectivity index (χ4v) is 1.85. The van der Waals surface area contributed by atoms with E-state index in [1.165, 1.54) is 4.79 Å². The molecule has 0 aliphatic carbocycles. The third-order valence-corrected chi connectivity index (χ3v) is 2.73. The Morgan fingerprint density at radius 3 is 2.89 bits per heavy atom. The first-order chi connectivity index (χ1) is 8.83. The first-order valence-corrected chi connectivity index (χ1v) is 5.81. The zero-order valence-corrected chi connectivity index (χ0v) is 10.1. The van der Waals surface area contributed by atoms with E-state index >= 15 is 0 Å². The Morgan fingerprint density at radius 2 is 2.00 bits per heavy atom. The summed E-state index contributed by atoms with van der Waals surface area (Å²) in [6.07, 6.45) is 1.70. The minimum Gasteiger partial charge on any atom is -0.156 e. The Morgan fingerprint density at radius 1 is 1.11 bits per heavy atom. The Labute approximate surface area is 108 Å². The minimum absolute atomic E-state index is 0.683. The van der Waals surface area contributed by atoms with Crippen molar-refractivity contribution in [3.05, 3.63) is 59.1 Å². The molecule has 3 aromatic rings. The molecular weight excluding hydrogens is 248 g/mol. The summed E-state index contributed by atoms with van der Waals surface area (Å²) < 4.78 is 0. The SMILES string of the molecule is Clc1cccc(/C=N/n2nnc3ccccc32)c1. The Hall–Kier alpha value is -2.20. The largest absolute Gasteiger partial charge is 0.156 e. The highest BCUT2D eigenvalue weighted by molar-refractivity contribution is 6.30. The van der Waals surface area contributed by atoms with Crippen molar-refractivity contribution in [3.8, 4) is 0 Å². The number of benzene rings is 2. The summed E-state index contributed by atoms with van der Waals surface area (Å²) in [5, 5.41) is 12.9. The van der Waals surface area contributed by atoms with Gasteiger partial charge < -0.3 is 0 Å². The van der Waals surface area contributed by atoms with Gasteiger partial charge in [0.2, 0.25) is 0 Å². The number of aromatic nitrogens is 3. The van der Waals surface area contributed by atoms with Gasteiger partial charge in [-0.15, -0.1) is 9.89 Å². The van der Waals surface area contributed by atoms with Crippen LogP contribution in [0.1, 0.15) is 5.56 Å². The monoisotopic (exact) mass is 256 g/mol. The molecule has 0 amide bonds. The van der Waals surface area contributed by atoms with Crippen molar-refractivity contribution in [1.82, 2.24) is 15.1 Å². The molecule has 1 aromatic heterocycles. The maximum atomic E-state index is 5.90. The van der Waals surface area contributed by atoms with Gasteiger partial charge >= 0.3 is 0 Å². The van der Waals surface area contributed by atoms with Crippen LogP contribution < -0.4 is 0 Å². The second kappa shape index (κ2) is 4.58. The lowest BCUT2D eigenvalue weighted by molar-refractivity contribution is 0.718. The van der Waals surface area contributed by atoms with Gasteiger partial charge in [0.15, 0.2) is 0 Å². The predicted molar refractivity (Wildman–Crippen MR) is 72.0 cm³/mol. The predicted octanol–water partition coefficient (Wildman–Crippen LogP) is 2.97. The van der Waals surface area contributed by atoms with E-state index in [1.54, 1.807) is 6.21 Å². The van der Waals surface area contributed by atoms with Crippen LogP contribution in [-0.2, 0) is 0 Å². The third-order valence-electron chi connectivity index (χ3n) is 2.50. The number of para-hydroxylation sites is 1. The van der Waals surface area contributed by atoms with Crippen molar-refractivity contribution in [3.63, 3.8) is 0 Å². The van der Waals surface area contributed by atoms with E-state index in [9.17, 15) is 0 Å². The smallest absolute Gasteiger partial charge is 0.115 e. The van der Waals surface area contributed by atoms with Crippen LogP contribution in [0.4, 0.5) is 0 Å². The Kier molecular flexibility index (Phi) is 2.78. The van der Waals surface area contributed by atoms with E-state index in [0.29, 0.717) is 5.02 Å². The van der Waals surface area contributed by atoms with Gasteiger partial charge in [-0.2, -0.15) is 5.10 Å². The van der Waals surface area contributed by atoms with Gasteiger partial charge in [0.25, 0.3) is 0 Å². The van der Waals surface area contributed by atoms with Crippen LogP contribution in [0.2, 0.25) is 5.02 Å². The summed E-state index contributed by atoms with van der Waals surface area (Å²) >= 11 is 5.90. The Bertz CT molecular complexity index is 718. The highest BCUT2D eigenvalue weighted by Crippen LogP contribution is 2.11. The van der Waals surface area contributed by atoms with Crippen molar-refractivity contribution in [2.24, 2.45) is 5.10 Å². The van der Waals surface area contributed by atoms with Gasteiger partial charge in [-0.3, -0.25) is 0 Å². The number of halogens is 1. The lowest BCUT2D eigenvalue weighted by Crippen LogP contribution is -1.93. The van der Waals surface area contributed by atoms with Gasteiger partial charge in [0, 0.05) is 5.02 Å². The molecule has 18 heavy (non-hydrogen) atoms. The van der Waals surface area contributed by atoms with Crippen molar-refractivity contribution < 1.29 is 0 Å². The maximum absolute atomic E-state index is 5.90. The average molecular weight is 257 g/mol. The first kappa shape index (κ1) is 10.9. The van der Waals surface area contributed by atoms with Crippen LogP contribution in [0.25, 0.3) is 11.0 Å². The zero-order chi connectivity index (χ0) is 12.4. The standard InChI is InChI=1S/C13H9ClN4/c14-11-5-3-4-10(8-11)9-15-18-13-7-2-1-6-12(13)16-17-18/h1-9H/b15-9+. The lowest BCUT2D eigenvalue weighted by Gasteiger charge is -1.94. The third kappa shape index (κ3) is 2.10. The van der Waals surface area contributed by atoms with Crippen molar-refractivity contribution in [2.75, 3.05) is 0 Å². The molecule has 1 heterocycles. The second-order valence-corrected chi connectivity index (χ2v) is 4.20. The molecule has 0 saturated carbocycles. The van der Waals surface area contributed by atoms with E-state index in [4.69, 9.17) is 11.6 Å². The molecule has 5 heteroatoms. The lowest BCUT2D eigenvalue weighted by atomic mass is 10.2. The molecule has 0 radical (unpaired) electrons. The number of hydrogen-bond acceptors (Lipinski definition) is 3. The molecule has 0 saturated heterocycles. The molecule has 0 atom stereocenters. The molecule has 0 unspecified atom stereocenters. The zero-order valence-electron chi connectivity index (χ0n) is 9.36. The molecule has 0 spiro atoms. The van der Waals surface area contributed by atoms with Crippen molar-refractivity contribution in [1.29, 1.82) is 0 Å². The van der Waals surface area contributed by atoms with E-state index in [-0.39, 0.29) is 0 Å². The van der Waals surface area contributed by atoms with Gasteiger partial charge in [-0.1, -0.05) is 35.9 Å².